The van der Waals surface area contributed by atoms with Gasteiger partial charge in [0.05, 0.1) is 23.5 Å². The Hall–Kier alpha value is -1.78. The maximum Gasteiger partial charge on any atom is 0.213 e. The number of nitrogens with zero attached hydrogens (tertiary/aromatic N) is 3. The smallest absolute Gasteiger partial charge is 0.213 e. The van der Waals surface area contributed by atoms with Crippen LogP contribution >= 0.6 is 23.2 Å². The van der Waals surface area contributed by atoms with E-state index >= 15 is 0 Å². The number of alkyl halides is 1. The highest BCUT2D eigenvalue weighted by molar-refractivity contribution is 6.35. The lowest BCUT2D eigenvalue weighted by atomic mass is 10.2. The molecule has 0 unspecified atom stereocenters. The fraction of sp³-hybridized carbons (Fsp3) is 0.200. The summed E-state index contributed by atoms with van der Waals surface area (Å²) in [6, 6.07) is 9.57. The van der Waals surface area contributed by atoms with E-state index in [4.69, 9.17) is 27.9 Å². The lowest BCUT2D eigenvalue weighted by Gasteiger charge is -2.09. The Morgan fingerprint density at radius 3 is 2.90 bits per heavy atom. The van der Waals surface area contributed by atoms with E-state index in [0.29, 0.717) is 23.3 Å². The summed E-state index contributed by atoms with van der Waals surface area (Å²) in [5.41, 5.74) is 2.80. The molecule has 4 nitrogen and oxygen atoms in total. The lowest BCUT2D eigenvalue weighted by Crippen LogP contribution is -2.04. The number of para-hydroxylation sites is 1. The Kier molecular flexibility index (Phi) is 3.99. The van der Waals surface area contributed by atoms with Crippen molar-refractivity contribution in [3.63, 3.8) is 0 Å². The van der Waals surface area contributed by atoms with Gasteiger partial charge in [-0.1, -0.05) is 17.7 Å². The van der Waals surface area contributed by atoms with Crippen LogP contribution in [0.15, 0.2) is 36.5 Å². The second kappa shape index (κ2) is 5.92. The zero-order valence-electron chi connectivity index (χ0n) is 11.4. The van der Waals surface area contributed by atoms with Crippen molar-refractivity contribution >= 4 is 34.2 Å². The van der Waals surface area contributed by atoms with Gasteiger partial charge in [-0.2, -0.15) is 0 Å². The first-order valence-corrected chi connectivity index (χ1v) is 7.32. The molecular weight excluding hydrogens is 309 g/mol. The average molecular weight is 322 g/mol. The summed E-state index contributed by atoms with van der Waals surface area (Å²) in [5, 5.41) is 0.630. The van der Waals surface area contributed by atoms with Crippen molar-refractivity contribution in [1.82, 2.24) is 14.5 Å². The Balaban J connectivity index is 2.08. The van der Waals surface area contributed by atoms with Crippen LogP contribution in [0.1, 0.15) is 11.4 Å². The van der Waals surface area contributed by atoms with Gasteiger partial charge >= 0.3 is 0 Å². The summed E-state index contributed by atoms with van der Waals surface area (Å²) in [7, 11) is 1.60. The molecule has 0 radical (unpaired) electrons. The molecule has 3 rings (SSSR count). The SMILES string of the molecule is COc1cc(Cn2c(CCl)nc3c(Cl)cccc32)ccn1. The van der Waals surface area contributed by atoms with Gasteiger partial charge in [0, 0.05) is 18.8 Å². The van der Waals surface area contributed by atoms with E-state index in [1.54, 1.807) is 13.3 Å². The van der Waals surface area contributed by atoms with E-state index in [1.165, 1.54) is 0 Å². The summed E-state index contributed by atoms with van der Waals surface area (Å²) < 4.78 is 7.21. The lowest BCUT2D eigenvalue weighted by molar-refractivity contribution is 0.397. The van der Waals surface area contributed by atoms with E-state index in [-0.39, 0.29) is 0 Å². The highest BCUT2D eigenvalue weighted by Crippen LogP contribution is 2.25. The molecule has 2 aromatic heterocycles. The normalized spacial score (nSPS) is 11.0. The number of pyridine rings is 1. The zero-order valence-corrected chi connectivity index (χ0v) is 12.9. The zero-order chi connectivity index (χ0) is 14.8. The number of fused-ring (bicyclic) bond motifs is 1. The largest absolute Gasteiger partial charge is 0.481 e. The molecule has 0 saturated heterocycles. The molecule has 21 heavy (non-hydrogen) atoms. The number of ether oxygens (including phenoxy) is 1. The van der Waals surface area contributed by atoms with Gasteiger partial charge < -0.3 is 9.30 Å². The minimum atomic E-state index is 0.327. The van der Waals surface area contributed by atoms with E-state index in [2.05, 4.69) is 14.5 Å². The van der Waals surface area contributed by atoms with Crippen LogP contribution in [-0.2, 0) is 12.4 Å². The van der Waals surface area contributed by atoms with Crippen molar-refractivity contribution in [2.24, 2.45) is 0 Å². The van der Waals surface area contributed by atoms with Crippen molar-refractivity contribution in [3.05, 3.63) is 52.9 Å². The minimum absolute atomic E-state index is 0.327. The van der Waals surface area contributed by atoms with E-state index in [0.717, 1.165) is 22.4 Å². The van der Waals surface area contributed by atoms with E-state index < -0.39 is 0 Å². The van der Waals surface area contributed by atoms with Crippen LogP contribution < -0.4 is 4.74 Å². The maximum atomic E-state index is 6.20. The number of hydrogen-bond donors (Lipinski definition) is 0. The van der Waals surface area contributed by atoms with Gasteiger partial charge in [0.25, 0.3) is 0 Å². The molecule has 0 atom stereocenters. The Labute approximate surface area is 132 Å². The molecule has 0 saturated carbocycles. The summed E-state index contributed by atoms with van der Waals surface area (Å²) >= 11 is 12.2. The number of imidazole rings is 1. The van der Waals surface area contributed by atoms with Crippen LogP contribution in [-0.4, -0.2) is 21.6 Å². The van der Waals surface area contributed by atoms with Crippen LogP contribution in [0.4, 0.5) is 0 Å². The highest BCUT2D eigenvalue weighted by atomic mass is 35.5. The number of benzene rings is 1. The molecule has 2 heterocycles. The predicted molar refractivity (Wildman–Crippen MR) is 84.2 cm³/mol. The summed E-state index contributed by atoms with van der Waals surface area (Å²) in [6.45, 7) is 0.637. The van der Waals surface area contributed by atoms with Crippen LogP contribution in [0, 0.1) is 0 Å². The predicted octanol–water partition coefficient (Wildman–Crippen LogP) is 3.88. The van der Waals surface area contributed by atoms with E-state index in [9.17, 15) is 0 Å². The van der Waals surface area contributed by atoms with Gasteiger partial charge in [-0.05, 0) is 23.8 Å². The number of aromatic nitrogens is 3. The van der Waals surface area contributed by atoms with Gasteiger partial charge in [-0.25, -0.2) is 9.97 Å². The first-order chi connectivity index (χ1) is 10.2. The Morgan fingerprint density at radius 1 is 1.29 bits per heavy atom. The third-order valence-corrected chi connectivity index (χ3v) is 3.82. The maximum absolute atomic E-state index is 6.20. The van der Waals surface area contributed by atoms with Crippen molar-refractivity contribution in [3.8, 4) is 5.88 Å². The number of halogens is 2. The van der Waals surface area contributed by atoms with Gasteiger partial charge in [0.2, 0.25) is 5.88 Å². The molecule has 0 fully saturated rings. The molecule has 1 aromatic carbocycles. The fourth-order valence-corrected chi connectivity index (χ4v) is 2.70. The molecule has 0 N–H and O–H groups in total. The Morgan fingerprint density at radius 2 is 2.14 bits per heavy atom. The van der Waals surface area contributed by atoms with Crippen molar-refractivity contribution in [2.75, 3.05) is 7.11 Å². The number of hydrogen-bond acceptors (Lipinski definition) is 3. The summed E-state index contributed by atoms with van der Waals surface area (Å²) in [6.07, 6.45) is 1.72. The van der Waals surface area contributed by atoms with Gasteiger partial charge in [-0.15, -0.1) is 11.6 Å². The molecule has 0 spiro atoms. The van der Waals surface area contributed by atoms with Crippen LogP contribution in [0.5, 0.6) is 5.88 Å². The van der Waals surface area contributed by atoms with Gasteiger partial charge in [-0.3, -0.25) is 0 Å². The van der Waals surface area contributed by atoms with Crippen LogP contribution in [0.2, 0.25) is 5.02 Å². The number of rotatable bonds is 4. The average Bonchev–Trinajstić information content (AvgIpc) is 2.87. The molecule has 0 bridgehead atoms. The van der Waals surface area contributed by atoms with Crippen molar-refractivity contribution in [2.45, 2.75) is 12.4 Å². The van der Waals surface area contributed by atoms with Gasteiger partial charge in [0.15, 0.2) is 0 Å². The third-order valence-electron chi connectivity index (χ3n) is 3.28. The highest BCUT2D eigenvalue weighted by Gasteiger charge is 2.12. The van der Waals surface area contributed by atoms with Crippen LogP contribution in [0.25, 0.3) is 11.0 Å². The quantitative estimate of drug-likeness (QED) is 0.684. The van der Waals surface area contributed by atoms with E-state index in [1.807, 2.05) is 30.3 Å². The van der Waals surface area contributed by atoms with Crippen LogP contribution in [0.3, 0.4) is 0 Å². The summed E-state index contributed by atoms with van der Waals surface area (Å²) in [5.74, 6) is 1.70. The van der Waals surface area contributed by atoms with Gasteiger partial charge in [0.1, 0.15) is 11.3 Å². The Bertz CT molecular complexity index is 786. The van der Waals surface area contributed by atoms with Crippen molar-refractivity contribution in [1.29, 1.82) is 0 Å². The fourth-order valence-electron chi connectivity index (χ4n) is 2.28. The second-order valence-corrected chi connectivity index (χ2v) is 5.24. The molecule has 0 aliphatic carbocycles. The first-order valence-electron chi connectivity index (χ1n) is 6.41. The monoisotopic (exact) mass is 321 g/mol. The van der Waals surface area contributed by atoms with Crippen molar-refractivity contribution < 1.29 is 4.74 Å². The second-order valence-electron chi connectivity index (χ2n) is 4.56. The minimum Gasteiger partial charge on any atom is -0.481 e. The molecule has 6 heteroatoms. The molecule has 0 aliphatic rings. The molecule has 3 aromatic rings. The first kappa shape index (κ1) is 14.2. The number of methoxy groups -OCH3 is 1. The molecular formula is C15H13Cl2N3O. The standard InChI is InChI=1S/C15H13Cl2N3O/c1-21-14-7-10(5-6-18-14)9-20-12-4-2-3-11(17)15(12)19-13(20)8-16/h2-7H,8-9H2,1H3. The molecule has 108 valence electrons. The topological polar surface area (TPSA) is 39.9 Å². The summed E-state index contributed by atoms with van der Waals surface area (Å²) in [4.78, 5) is 8.63. The molecule has 0 amide bonds. The molecule has 0 aliphatic heterocycles. The third kappa shape index (κ3) is 2.69.